The average molecular weight is 328 g/mol. The van der Waals surface area contributed by atoms with Crippen LogP contribution < -0.4 is 14.8 Å². The largest absolute Gasteiger partial charge is 0.497 e. The average Bonchev–Trinajstić information content (AvgIpc) is 2.60. The molecule has 0 spiro atoms. The molecule has 24 heavy (non-hydrogen) atoms. The normalized spacial score (nSPS) is 11.7. The Morgan fingerprint density at radius 1 is 1.21 bits per heavy atom. The van der Waals surface area contributed by atoms with Gasteiger partial charge in [0.2, 0.25) is 5.91 Å². The van der Waals surface area contributed by atoms with E-state index in [2.05, 4.69) is 10.3 Å². The van der Waals surface area contributed by atoms with E-state index in [0.29, 0.717) is 11.5 Å². The molecule has 1 aromatic heterocycles. The minimum atomic E-state index is -0.0951. The summed E-state index contributed by atoms with van der Waals surface area (Å²) in [6, 6.07) is 9.32. The number of carbonyl (C=O) groups excluding carboxylic acids is 1. The van der Waals surface area contributed by atoms with Crippen molar-refractivity contribution in [1.82, 2.24) is 10.3 Å². The molecular weight excluding hydrogens is 304 g/mol. The summed E-state index contributed by atoms with van der Waals surface area (Å²) in [5.41, 5.74) is 2.79. The Morgan fingerprint density at radius 3 is 2.58 bits per heavy atom. The third-order valence-electron chi connectivity index (χ3n) is 3.88. The number of hydrogen-bond donors (Lipinski definition) is 1. The van der Waals surface area contributed by atoms with Crippen LogP contribution in [0.3, 0.4) is 0 Å². The summed E-state index contributed by atoms with van der Waals surface area (Å²) in [6.07, 6.45) is 2.84. The first-order chi connectivity index (χ1) is 11.6. The Balaban J connectivity index is 2.07. The van der Waals surface area contributed by atoms with Gasteiger partial charge in [0.1, 0.15) is 11.5 Å². The maximum Gasteiger partial charge on any atom is 0.225 e. The summed E-state index contributed by atoms with van der Waals surface area (Å²) in [4.78, 5) is 16.8. The predicted octanol–water partition coefficient (Wildman–Crippen LogP) is 3.22. The van der Waals surface area contributed by atoms with Crippen molar-refractivity contribution in [3.05, 3.63) is 53.3 Å². The highest BCUT2D eigenvalue weighted by Gasteiger charge is 2.16. The number of ether oxygens (including phenoxy) is 2. The molecule has 0 saturated heterocycles. The first-order valence-corrected chi connectivity index (χ1v) is 8.00. The van der Waals surface area contributed by atoms with Gasteiger partial charge in [0.25, 0.3) is 0 Å². The summed E-state index contributed by atoms with van der Waals surface area (Å²) in [5.74, 6) is 1.28. The van der Waals surface area contributed by atoms with Gasteiger partial charge in [-0.2, -0.15) is 0 Å². The van der Waals surface area contributed by atoms with Gasteiger partial charge in [0.15, 0.2) is 0 Å². The molecule has 1 N–H and O–H groups in total. The molecule has 128 valence electrons. The Labute approximate surface area is 143 Å². The molecule has 0 aliphatic rings. The Hall–Kier alpha value is -2.56. The minimum Gasteiger partial charge on any atom is -0.497 e. The van der Waals surface area contributed by atoms with Crippen LogP contribution in [0.5, 0.6) is 11.5 Å². The number of methoxy groups -OCH3 is 2. The third kappa shape index (κ3) is 4.47. The van der Waals surface area contributed by atoms with Gasteiger partial charge in [0.05, 0.1) is 32.4 Å². The third-order valence-corrected chi connectivity index (χ3v) is 3.88. The Kier molecular flexibility index (Phi) is 6.18. The molecule has 0 bridgehead atoms. The van der Waals surface area contributed by atoms with Crippen molar-refractivity contribution in [1.29, 1.82) is 0 Å². The van der Waals surface area contributed by atoms with Gasteiger partial charge in [-0.25, -0.2) is 0 Å². The maximum absolute atomic E-state index is 12.4. The van der Waals surface area contributed by atoms with Crippen molar-refractivity contribution in [2.24, 2.45) is 0 Å². The fourth-order valence-electron chi connectivity index (χ4n) is 2.49. The standard InChI is InChI=1S/C19H24N2O3/c1-5-16(17-9-6-13(2)12-20-17)21-19(22)10-14-7-8-15(23-3)11-18(14)24-4/h6-9,11-12,16H,5,10H2,1-4H3,(H,21,22). The van der Waals surface area contributed by atoms with E-state index in [4.69, 9.17) is 9.47 Å². The fourth-order valence-corrected chi connectivity index (χ4v) is 2.49. The van der Waals surface area contributed by atoms with Gasteiger partial charge in [-0.1, -0.05) is 19.1 Å². The highest BCUT2D eigenvalue weighted by molar-refractivity contribution is 5.79. The van der Waals surface area contributed by atoms with E-state index in [1.165, 1.54) is 0 Å². The molecule has 0 fully saturated rings. The molecule has 1 atom stereocenters. The van der Waals surface area contributed by atoms with Crippen molar-refractivity contribution in [2.45, 2.75) is 32.7 Å². The van der Waals surface area contributed by atoms with E-state index < -0.39 is 0 Å². The second-order valence-corrected chi connectivity index (χ2v) is 5.64. The van der Waals surface area contributed by atoms with Crippen LogP contribution in [0.2, 0.25) is 0 Å². The van der Waals surface area contributed by atoms with Gasteiger partial charge in [-0.3, -0.25) is 9.78 Å². The lowest BCUT2D eigenvalue weighted by Gasteiger charge is -2.17. The van der Waals surface area contributed by atoms with Gasteiger partial charge < -0.3 is 14.8 Å². The van der Waals surface area contributed by atoms with Gasteiger partial charge in [-0.15, -0.1) is 0 Å². The second-order valence-electron chi connectivity index (χ2n) is 5.64. The van der Waals surface area contributed by atoms with Gasteiger partial charge >= 0.3 is 0 Å². The smallest absolute Gasteiger partial charge is 0.225 e. The van der Waals surface area contributed by atoms with E-state index in [1.807, 2.05) is 44.3 Å². The monoisotopic (exact) mass is 328 g/mol. The molecule has 1 aromatic carbocycles. The summed E-state index contributed by atoms with van der Waals surface area (Å²) in [5, 5.41) is 3.04. The molecule has 2 rings (SSSR count). The van der Waals surface area contributed by atoms with Gasteiger partial charge in [0, 0.05) is 17.8 Å². The summed E-state index contributed by atoms with van der Waals surface area (Å²) in [7, 11) is 3.18. The van der Waals surface area contributed by atoms with E-state index >= 15 is 0 Å². The van der Waals surface area contributed by atoms with Crippen molar-refractivity contribution in [2.75, 3.05) is 14.2 Å². The molecule has 0 saturated carbocycles. The number of amides is 1. The summed E-state index contributed by atoms with van der Waals surface area (Å²) >= 11 is 0. The first-order valence-electron chi connectivity index (χ1n) is 8.00. The molecule has 0 radical (unpaired) electrons. The molecule has 0 aliphatic carbocycles. The van der Waals surface area contributed by atoms with E-state index in [1.54, 1.807) is 20.3 Å². The lowest BCUT2D eigenvalue weighted by Crippen LogP contribution is -2.30. The molecule has 2 aromatic rings. The minimum absolute atomic E-state index is 0.0623. The number of aromatic nitrogens is 1. The lowest BCUT2D eigenvalue weighted by atomic mass is 10.1. The molecule has 1 heterocycles. The van der Waals surface area contributed by atoms with Crippen LogP contribution in [0.1, 0.15) is 36.2 Å². The molecular formula is C19H24N2O3. The number of carbonyl (C=O) groups is 1. The number of pyridine rings is 1. The number of benzene rings is 1. The molecule has 1 unspecified atom stereocenters. The Bertz CT molecular complexity index is 684. The first kappa shape index (κ1) is 17.8. The Morgan fingerprint density at radius 2 is 2.00 bits per heavy atom. The van der Waals surface area contributed by atoms with Crippen LogP contribution in [-0.4, -0.2) is 25.1 Å². The quantitative estimate of drug-likeness (QED) is 0.848. The van der Waals surface area contributed by atoms with E-state index in [-0.39, 0.29) is 18.4 Å². The number of hydrogen-bond acceptors (Lipinski definition) is 4. The highest BCUT2D eigenvalue weighted by atomic mass is 16.5. The second kappa shape index (κ2) is 8.34. The highest BCUT2D eigenvalue weighted by Crippen LogP contribution is 2.25. The SMILES string of the molecule is CCC(NC(=O)Cc1ccc(OC)cc1OC)c1ccc(C)cn1. The number of nitrogens with one attached hydrogen (secondary N) is 1. The number of nitrogens with zero attached hydrogens (tertiary/aromatic N) is 1. The zero-order valence-electron chi connectivity index (χ0n) is 14.6. The fraction of sp³-hybridized carbons (Fsp3) is 0.368. The van der Waals surface area contributed by atoms with Crippen LogP contribution in [0.4, 0.5) is 0 Å². The topological polar surface area (TPSA) is 60.5 Å². The maximum atomic E-state index is 12.4. The van der Waals surface area contributed by atoms with Crippen LogP contribution in [0.15, 0.2) is 36.5 Å². The zero-order chi connectivity index (χ0) is 17.5. The van der Waals surface area contributed by atoms with Crippen molar-refractivity contribution >= 4 is 5.91 Å². The molecule has 5 heteroatoms. The van der Waals surface area contributed by atoms with Crippen molar-refractivity contribution < 1.29 is 14.3 Å². The van der Waals surface area contributed by atoms with Crippen molar-refractivity contribution in [3.8, 4) is 11.5 Å². The zero-order valence-corrected chi connectivity index (χ0v) is 14.6. The molecule has 0 aliphatic heterocycles. The van der Waals surface area contributed by atoms with Crippen molar-refractivity contribution in [3.63, 3.8) is 0 Å². The van der Waals surface area contributed by atoms with Crippen LogP contribution in [-0.2, 0) is 11.2 Å². The number of aryl methyl sites for hydroxylation is 1. The molecule has 1 amide bonds. The number of rotatable bonds is 7. The van der Waals surface area contributed by atoms with Crippen LogP contribution >= 0.6 is 0 Å². The van der Waals surface area contributed by atoms with Crippen LogP contribution in [0, 0.1) is 6.92 Å². The van der Waals surface area contributed by atoms with E-state index in [9.17, 15) is 4.79 Å². The van der Waals surface area contributed by atoms with Crippen LogP contribution in [0.25, 0.3) is 0 Å². The van der Waals surface area contributed by atoms with E-state index in [0.717, 1.165) is 23.2 Å². The summed E-state index contributed by atoms with van der Waals surface area (Å²) < 4.78 is 10.5. The predicted molar refractivity (Wildman–Crippen MR) is 93.4 cm³/mol. The molecule has 5 nitrogen and oxygen atoms in total. The summed E-state index contributed by atoms with van der Waals surface area (Å²) in [6.45, 7) is 4.02. The van der Waals surface area contributed by atoms with Gasteiger partial charge in [-0.05, 0) is 31.0 Å². The lowest BCUT2D eigenvalue weighted by molar-refractivity contribution is -0.121.